The molecule has 8 nitrogen and oxygen atoms in total. The van der Waals surface area contributed by atoms with Gasteiger partial charge in [0.2, 0.25) is 15.9 Å². The summed E-state index contributed by atoms with van der Waals surface area (Å²) in [5, 5.41) is 5.42. The third kappa shape index (κ3) is 6.49. The average Bonchev–Trinajstić information content (AvgIpc) is 2.69. The van der Waals surface area contributed by atoms with Crippen molar-refractivity contribution in [1.82, 2.24) is 5.32 Å². The van der Waals surface area contributed by atoms with Gasteiger partial charge in [-0.2, -0.15) is 0 Å². The lowest BCUT2D eigenvalue weighted by atomic mass is 10.1. The Hall–Kier alpha value is -3.07. The van der Waals surface area contributed by atoms with E-state index in [1.807, 2.05) is 19.1 Å². The van der Waals surface area contributed by atoms with E-state index in [0.717, 1.165) is 5.56 Å². The van der Waals surface area contributed by atoms with E-state index in [1.54, 1.807) is 18.2 Å². The van der Waals surface area contributed by atoms with Crippen molar-refractivity contribution in [3.8, 4) is 5.75 Å². The fourth-order valence-electron chi connectivity index (χ4n) is 2.53. The van der Waals surface area contributed by atoms with Gasteiger partial charge in [-0.05, 0) is 37.6 Å². The number of sulfonamides is 1. The molecule has 0 bridgehead atoms. The van der Waals surface area contributed by atoms with Crippen molar-refractivity contribution in [3.63, 3.8) is 0 Å². The number of aryl methyl sites for hydroxylation is 1. The van der Waals surface area contributed by atoms with Crippen molar-refractivity contribution < 1.29 is 22.7 Å². The van der Waals surface area contributed by atoms with Crippen molar-refractivity contribution in [2.45, 2.75) is 20.3 Å². The number of methoxy groups -OCH3 is 1. The Bertz CT molecular complexity index is 989. The minimum absolute atomic E-state index is 0.0666. The van der Waals surface area contributed by atoms with Crippen molar-refractivity contribution in [2.75, 3.05) is 29.4 Å². The molecular formula is C20H25N3O5S. The Morgan fingerprint density at radius 1 is 1.10 bits per heavy atom. The molecule has 0 saturated carbocycles. The summed E-state index contributed by atoms with van der Waals surface area (Å²) in [6, 6.07) is 11.8. The zero-order chi connectivity index (χ0) is 21.4. The van der Waals surface area contributed by atoms with Crippen LogP contribution < -0.4 is 20.1 Å². The number of anilines is 2. The lowest BCUT2D eigenvalue weighted by Gasteiger charge is -2.13. The van der Waals surface area contributed by atoms with Gasteiger partial charge in [0.25, 0.3) is 5.91 Å². The Labute approximate surface area is 170 Å². The smallest absolute Gasteiger partial charge is 0.251 e. The predicted molar refractivity (Wildman–Crippen MR) is 113 cm³/mol. The molecule has 0 aromatic heterocycles. The first kappa shape index (κ1) is 22.2. The molecular weight excluding hydrogens is 394 g/mol. The molecule has 0 radical (unpaired) electrons. The van der Waals surface area contributed by atoms with E-state index < -0.39 is 10.0 Å². The molecule has 2 rings (SSSR count). The maximum absolute atomic E-state index is 12.1. The molecule has 0 aliphatic rings. The molecule has 0 spiro atoms. The van der Waals surface area contributed by atoms with Crippen LogP contribution in [0.15, 0.2) is 42.5 Å². The van der Waals surface area contributed by atoms with Gasteiger partial charge in [0.1, 0.15) is 5.75 Å². The van der Waals surface area contributed by atoms with Gasteiger partial charge < -0.3 is 15.4 Å². The number of benzene rings is 2. The number of hydrogen-bond donors (Lipinski definition) is 3. The van der Waals surface area contributed by atoms with E-state index in [-0.39, 0.29) is 42.0 Å². The van der Waals surface area contributed by atoms with Crippen LogP contribution in [0.2, 0.25) is 0 Å². The van der Waals surface area contributed by atoms with Crippen molar-refractivity contribution >= 4 is 33.2 Å². The van der Waals surface area contributed by atoms with Crippen LogP contribution >= 0.6 is 0 Å². The lowest BCUT2D eigenvalue weighted by molar-refractivity contribution is -0.116. The molecule has 156 valence electrons. The van der Waals surface area contributed by atoms with Crippen LogP contribution in [0, 0.1) is 6.92 Å². The van der Waals surface area contributed by atoms with Gasteiger partial charge in [0.15, 0.2) is 0 Å². The van der Waals surface area contributed by atoms with Crippen LogP contribution in [0.4, 0.5) is 11.4 Å². The van der Waals surface area contributed by atoms with Gasteiger partial charge in [0.05, 0.1) is 18.6 Å². The number of ether oxygens (including phenoxy) is 1. The highest BCUT2D eigenvalue weighted by Gasteiger charge is 2.13. The van der Waals surface area contributed by atoms with Crippen molar-refractivity contribution in [1.29, 1.82) is 0 Å². The topological polar surface area (TPSA) is 114 Å². The van der Waals surface area contributed by atoms with Crippen LogP contribution in [-0.4, -0.2) is 39.6 Å². The average molecular weight is 420 g/mol. The molecule has 0 atom stereocenters. The van der Waals surface area contributed by atoms with Crippen molar-refractivity contribution in [3.05, 3.63) is 53.6 Å². The van der Waals surface area contributed by atoms with Gasteiger partial charge in [-0.25, -0.2) is 8.42 Å². The Balaban J connectivity index is 1.92. The van der Waals surface area contributed by atoms with Crippen LogP contribution in [-0.2, 0) is 14.8 Å². The number of carbonyl (C=O) groups is 2. The quantitative estimate of drug-likeness (QED) is 0.578. The van der Waals surface area contributed by atoms with Crippen LogP contribution in [0.3, 0.4) is 0 Å². The van der Waals surface area contributed by atoms with Gasteiger partial charge in [-0.3, -0.25) is 14.3 Å². The first-order valence-corrected chi connectivity index (χ1v) is 10.7. The number of carbonyl (C=O) groups excluding carboxylic acids is 2. The maximum Gasteiger partial charge on any atom is 0.251 e. The van der Waals surface area contributed by atoms with Crippen LogP contribution in [0.5, 0.6) is 5.75 Å². The largest absolute Gasteiger partial charge is 0.494 e. The second-order valence-corrected chi connectivity index (χ2v) is 8.30. The number of rotatable bonds is 9. The highest BCUT2D eigenvalue weighted by Crippen LogP contribution is 2.28. The Morgan fingerprint density at radius 3 is 2.48 bits per heavy atom. The third-order valence-corrected chi connectivity index (χ3v) is 5.45. The minimum Gasteiger partial charge on any atom is -0.494 e. The van der Waals surface area contributed by atoms with E-state index >= 15 is 0 Å². The number of amides is 2. The predicted octanol–water partition coefficient (Wildman–Crippen LogP) is 2.52. The van der Waals surface area contributed by atoms with E-state index in [1.165, 1.54) is 26.2 Å². The number of nitrogens with one attached hydrogen (secondary N) is 3. The van der Waals surface area contributed by atoms with E-state index in [2.05, 4.69) is 15.4 Å². The molecule has 3 N–H and O–H groups in total. The summed E-state index contributed by atoms with van der Waals surface area (Å²) in [6.07, 6.45) is 0.0875. The summed E-state index contributed by atoms with van der Waals surface area (Å²) in [6.45, 7) is 3.56. The number of hydrogen-bond acceptors (Lipinski definition) is 5. The summed E-state index contributed by atoms with van der Waals surface area (Å²) < 4.78 is 31.1. The van der Waals surface area contributed by atoms with E-state index in [0.29, 0.717) is 11.3 Å². The standard InChI is InChI=1S/C20H25N3O5S/c1-4-29(26,27)23-17-10-9-15(13-18(17)28-3)22-19(24)11-12-21-20(25)16-8-6-5-7-14(16)2/h5-10,13,23H,4,11-12H2,1-3H3,(H,21,25)(H,22,24). The molecule has 0 aliphatic carbocycles. The van der Waals surface area contributed by atoms with Crippen LogP contribution in [0.1, 0.15) is 29.3 Å². The molecule has 2 aromatic carbocycles. The monoisotopic (exact) mass is 419 g/mol. The molecule has 0 heterocycles. The summed E-state index contributed by atoms with van der Waals surface area (Å²) in [4.78, 5) is 24.3. The molecule has 0 fully saturated rings. The summed E-state index contributed by atoms with van der Waals surface area (Å²) >= 11 is 0. The van der Waals surface area contributed by atoms with Gasteiger partial charge in [-0.1, -0.05) is 18.2 Å². The summed E-state index contributed by atoms with van der Waals surface area (Å²) in [7, 11) is -2.04. The third-order valence-electron chi connectivity index (χ3n) is 4.16. The fourth-order valence-corrected chi connectivity index (χ4v) is 3.18. The maximum atomic E-state index is 12.1. The molecule has 9 heteroatoms. The van der Waals surface area contributed by atoms with E-state index in [4.69, 9.17) is 4.74 Å². The zero-order valence-electron chi connectivity index (χ0n) is 16.6. The molecule has 0 unspecified atom stereocenters. The normalized spacial score (nSPS) is 10.9. The van der Waals surface area contributed by atoms with Gasteiger partial charge in [0, 0.05) is 30.3 Å². The van der Waals surface area contributed by atoms with Crippen LogP contribution in [0.25, 0.3) is 0 Å². The summed E-state index contributed by atoms with van der Waals surface area (Å²) in [5.41, 5.74) is 2.18. The molecule has 0 aliphatic heterocycles. The van der Waals surface area contributed by atoms with Crippen molar-refractivity contribution in [2.24, 2.45) is 0 Å². The molecule has 0 saturated heterocycles. The Morgan fingerprint density at radius 2 is 1.83 bits per heavy atom. The SMILES string of the molecule is CCS(=O)(=O)Nc1ccc(NC(=O)CCNC(=O)c2ccccc2C)cc1OC. The molecule has 2 aromatic rings. The highest BCUT2D eigenvalue weighted by molar-refractivity contribution is 7.92. The van der Waals surface area contributed by atoms with Gasteiger partial charge >= 0.3 is 0 Å². The first-order valence-electron chi connectivity index (χ1n) is 9.08. The zero-order valence-corrected chi connectivity index (χ0v) is 17.4. The van der Waals surface area contributed by atoms with Gasteiger partial charge in [-0.15, -0.1) is 0 Å². The second-order valence-electron chi connectivity index (χ2n) is 6.29. The Kier molecular flexibility index (Phi) is 7.60. The highest BCUT2D eigenvalue weighted by atomic mass is 32.2. The molecule has 29 heavy (non-hydrogen) atoms. The minimum atomic E-state index is -3.44. The lowest BCUT2D eigenvalue weighted by Crippen LogP contribution is -2.28. The molecule has 2 amide bonds. The van der Waals surface area contributed by atoms with E-state index in [9.17, 15) is 18.0 Å². The first-order chi connectivity index (χ1) is 13.8. The fraction of sp³-hybridized carbons (Fsp3) is 0.300. The second kappa shape index (κ2) is 9.92. The summed E-state index contributed by atoms with van der Waals surface area (Å²) in [5.74, 6) is -0.306.